The number of hydrogen-bond donors (Lipinski definition) is 0. The maximum absolute atomic E-state index is 12.6. The summed E-state index contributed by atoms with van der Waals surface area (Å²) in [7, 11) is -3.76. The second-order valence-corrected chi connectivity index (χ2v) is 7.24. The fourth-order valence-corrected chi connectivity index (χ4v) is 4.94. The summed E-state index contributed by atoms with van der Waals surface area (Å²) in [6.45, 7) is 3.58. The average Bonchev–Trinajstić information content (AvgIpc) is 2.88. The highest BCUT2D eigenvalue weighted by atomic mass is 32.2. The van der Waals surface area contributed by atoms with E-state index in [1.807, 2.05) is 6.92 Å². The molecule has 0 radical (unpaired) electrons. The first-order valence-electron chi connectivity index (χ1n) is 5.88. The Labute approximate surface area is 106 Å². The minimum atomic E-state index is -3.76. The van der Waals surface area contributed by atoms with Crippen LogP contribution in [0.25, 0.3) is 0 Å². The van der Waals surface area contributed by atoms with Crippen LogP contribution in [0.5, 0.6) is 0 Å². The molecule has 1 saturated carbocycles. The molecule has 0 bridgehead atoms. The monoisotopic (exact) mass is 266 g/mol. The van der Waals surface area contributed by atoms with Crippen LogP contribution in [-0.2, 0) is 19.4 Å². The van der Waals surface area contributed by atoms with Crippen molar-refractivity contribution >= 4 is 15.6 Å². The second-order valence-electron chi connectivity index (χ2n) is 5.19. The Morgan fingerprint density at radius 3 is 2.28 bits per heavy atom. The largest absolute Gasteiger partial charge is 0.339 e. The van der Waals surface area contributed by atoms with Crippen molar-refractivity contribution in [3.63, 3.8) is 0 Å². The van der Waals surface area contributed by atoms with E-state index >= 15 is 0 Å². The first-order chi connectivity index (χ1) is 8.33. The minimum absolute atomic E-state index is 0.159. The molecule has 18 heavy (non-hydrogen) atoms. The predicted octanol–water partition coefficient (Wildman–Crippen LogP) is 1.62. The van der Waals surface area contributed by atoms with E-state index < -0.39 is 20.4 Å². The molecule has 4 nitrogen and oxygen atoms in total. The van der Waals surface area contributed by atoms with E-state index in [9.17, 15) is 13.2 Å². The van der Waals surface area contributed by atoms with Crippen molar-refractivity contribution in [2.75, 3.05) is 0 Å². The van der Waals surface area contributed by atoms with Gasteiger partial charge >= 0.3 is 0 Å². The lowest BCUT2D eigenvalue weighted by Crippen LogP contribution is -2.35. The lowest BCUT2D eigenvalue weighted by Gasteiger charge is -2.10. The van der Waals surface area contributed by atoms with Gasteiger partial charge in [-0.2, -0.15) is 0 Å². The van der Waals surface area contributed by atoms with Gasteiger partial charge in [-0.15, -0.1) is 0 Å². The zero-order valence-corrected chi connectivity index (χ0v) is 11.1. The predicted molar refractivity (Wildman–Crippen MR) is 64.8 cm³/mol. The Morgan fingerprint density at radius 2 is 1.83 bits per heavy atom. The molecular formula is C13H14O4S. The van der Waals surface area contributed by atoms with E-state index in [1.54, 1.807) is 19.1 Å². The number of sulfone groups is 1. The maximum Gasteiger partial charge on any atom is 0.261 e. The third-order valence-electron chi connectivity index (χ3n) is 3.93. The average molecular weight is 266 g/mol. The molecule has 3 rings (SSSR count). The van der Waals surface area contributed by atoms with E-state index in [4.69, 9.17) is 4.74 Å². The summed E-state index contributed by atoms with van der Waals surface area (Å²) in [5.74, 6) is -0.314. The molecule has 1 saturated heterocycles. The zero-order valence-electron chi connectivity index (χ0n) is 10.3. The van der Waals surface area contributed by atoms with Crippen LogP contribution in [0, 0.1) is 6.92 Å². The van der Waals surface area contributed by atoms with Crippen LogP contribution in [0.15, 0.2) is 29.2 Å². The number of carbonyl (C=O) groups is 1. The third-order valence-corrected chi connectivity index (χ3v) is 6.32. The smallest absolute Gasteiger partial charge is 0.261 e. The van der Waals surface area contributed by atoms with Crippen LogP contribution in [0.3, 0.4) is 0 Å². The number of fused-ring (bicyclic) bond motifs is 1. The van der Waals surface area contributed by atoms with Gasteiger partial charge in [-0.1, -0.05) is 17.7 Å². The molecule has 2 atom stereocenters. The highest BCUT2D eigenvalue weighted by Crippen LogP contribution is 2.61. The van der Waals surface area contributed by atoms with Gasteiger partial charge < -0.3 is 4.74 Å². The van der Waals surface area contributed by atoms with Crippen molar-refractivity contribution < 1.29 is 17.9 Å². The number of aryl methyl sites for hydroxylation is 1. The zero-order chi connectivity index (χ0) is 13.2. The molecule has 0 aromatic heterocycles. The number of hydrogen-bond acceptors (Lipinski definition) is 4. The number of rotatable bonds is 2. The van der Waals surface area contributed by atoms with E-state index in [0.717, 1.165) is 5.56 Å². The number of Topliss-reactive ketones (excluding diaryl/α,β-unsaturated/α-hetero) is 1. The Hall–Kier alpha value is -1.20. The highest BCUT2D eigenvalue weighted by Gasteiger charge is 2.82. The first-order valence-corrected chi connectivity index (χ1v) is 7.37. The van der Waals surface area contributed by atoms with Crippen LogP contribution in [0.1, 0.15) is 25.3 Å². The first kappa shape index (κ1) is 11.9. The molecule has 5 heteroatoms. The summed E-state index contributed by atoms with van der Waals surface area (Å²) < 4.78 is 30.5. The number of ketones is 1. The Bertz CT molecular complexity index is 631. The molecule has 2 unspecified atom stereocenters. The summed E-state index contributed by atoms with van der Waals surface area (Å²) >= 11 is 0. The summed E-state index contributed by atoms with van der Waals surface area (Å²) in [6, 6.07) is 6.52. The fraction of sp³-hybridized carbons (Fsp3) is 0.462. The van der Waals surface area contributed by atoms with Gasteiger partial charge in [0.2, 0.25) is 9.84 Å². The Morgan fingerprint density at radius 1 is 1.22 bits per heavy atom. The molecule has 0 spiro atoms. The quantitative estimate of drug-likeness (QED) is 0.763. The number of epoxide rings is 1. The fourth-order valence-electron chi connectivity index (χ4n) is 2.75. The topological polar surface area (TPSA) is 63.7 Å². The standard InChI is InChI=1S/C13H14O4S/c1-9-3-5-10(6-4-9)18(15,16)13-11(14)7-8-12(13,2)17-13/h3-6H,7-8H2,1-2H3. The molecule has 1 aliphatic heterocycles. The van der Waals surface area contributed by atoms with Crippen molar-refractivity contribution in [1.82, 2.24) is 0 Å². The van der Waals surface area contributed by atoms with Crippen molar-refractivity contribution in [2.24, 2.45) is 0 Å². The molecule has 1 aromatic carbocycles. The third kappa shape index (κ3) is 1.18. The van der Waals surface area contributed by atoms with E-state index in [0.29, 0.717) is 6.42 Å². The van der Waals surface area contributed by atoms with Crippen LogP contribution >= 0.6 is 0 Å². The van der Waals surface area contributed by atoms with Gasteiger partial charge in [0.05, 0.1) is 4.90 Å². The maximum atomic E-state index is 12.6. The SMILES string of the molecule is Cc1ccc(S(=O)(=O)C23OC2(C)CCC3=O)cc1. The minimum Gasteiger partial charge on any atom is -0.339 e. The van der Waals surface area contributed by atoms with Crippen molar-refractivity contribution in [3.8, 4) is 0 Å². The van der Waals surface area contributed by atoms with Gasteiger partial charge in [0.15, 0.2) is 5.78 Å². The normalized spacial score (nSPS) is 34.4. The second kappa shape index (κ2) is 3.22. The molecule has 96 valence electrons. The van der Waals surface area contributed by atoms with Crippen LogP contribution in [-0.4, -0.2) is 24.7 Å². The lowest BCUT2D eigenvalue weighted by molar-refractivity contribution is -0.121. The summed E-state index contributed by atoms with van der Waals surface area (Å²) in [6.07, 6.45) is 0.762. The number of ether oxygens (including phenoxy) is 1. The van der Waals surface area contributed by atoms with E-state index in [2.05, 4.69) is 0 Å². The molecule has 1 aliphatic carbocycles. The summed E-state index contributed by atoms with van der Waals surface area (Å²) in [5.41, 5.74) is 0.150. The number of benzene rings is 1. The van der Waals surface area contributed by atoms with Crippen molar-refractivity contribution in [2.45, 2.75) is 42.1 Å². The molecule has 2 fully saturated rings. The van der Waals surface area contributed by atoms with Gasteiger partial charge in [0.1, 0.15) is 5.60 Å². The summed E-state index contributed by atoms with van der Waals surface area (Å²) in [5, 5.41) is 0. The molecule has 0 N–H and O–H groups in total. The van der Waals surface area contributed by atoms with Crippen LogP contribution < -0.4 is 0 Å². The van der Waals surface area contributed by atoms with Crippen molar-refractivity contribution in [1.29, 1.82) is 0 Å². The number of carbonyl (C=O) groups excluding carboxylic acids is 1. The molecular weight excluding hydrogens is 252 g/mol. The van der Waals surface area contributed by atoms with Gasteiger partial charge in [0, 0.05) is 6.42 Å². The van der Waals surface area contributed by atoms with Gasteiger partial charge in [-0.05, 0) is 32.4 Å². The van der Waals surface area contributed by atoms with Gasteiger partial charge in [0.25, 0.3) is 4.93 Å². The summed E-state index contributed by atoms with van der Waals surface area (Å²) in [4.78, 5) is 10.5. The lowest BCUT2D eigenvalue weighted by atomic mass is 10.1. The molecule has 0 amide bonds. The van der Waals surface area contributed by atoms with E-state index in [1.165, 1.54) is 12.1 Å². The molecule has 1 heterocycles. The van der Waals surface area contributed by atoms with Crippen molar-refractivity contribution in [3.05, 3.63) is 29.8 Å². The van der Waals surface area contributed by atoms with Crippen LogP contribution in [0.4, 0.5) is 0 Å². The van der Waals surface area contributed by atoms with Gasteiger partial charge in [-0.3, -0.25) is 4.79 Å². The highest BCUT2D eigenvalue weighted by molar-refractivity contribution is 7.94. The molecule has 2 aliphatic rings. The van der Waals surface area contributed by atoms with Crippen LogP contribution in [0.2, 0.25) is 0 Å². The molecule has 1 aromatic rings. The Kier molecular flexibility index (Phi) is 2.12. The van der Waals surface area contributed by atoms with E-state index in [-0.39, 0.29) is 17.1 Å². The Balaban J connectivity index is 2.12. The van der Waals surface area contributed by atoms with Gasteiger partial charge in [-0.25, -0.2) is 8.42 Å².